The van der Waals surface area contributed by atoms with Gasteiger partial charge in [-0.15, -0.1) is 0 Å². The molecule has 1 aliphatic rings. The smallest absolute Gasteiger partial charge is 0.308 e. The zero-order chi connectivity index (χ0) is 16.4. The first-order valence-corrected chi connectivity index (χ1v) is 8.96. The number of aryl methyl sites for hydroxylation is 1. The minimum absolute atomic E-state index is 0.0484. The van der Waals surface area contributed by atoms with E-state index in [4.69, 9.17) is 0 Å². The van der Waals surface area contributed by atoms with E-state index in [-0.39, 0.29) is 17.3 Å². The Labute approximate surface area is 140 Å². The molecular weight excluding hydrogens is 308 g/mol. The molecule has 0 atom stereocenters. The fraction of sp³-hybridized carbons (Fsp3) is 0.444. The van der Waals surface area contributed by atoms with Crippen LogP contribution in [0.5, 0.6) is 0 Å². The lowest BCUT2D eigenvalue weighted by Crippen LogP contribution is -2.40. The Morgan fingerprint density at radius 3 is 2.65 bits per heavy atom. The maximum Gasteiger partial charge on any atom is 0.308 e. The van der Waals surface area contributed by atoms with E-state index in [1.54, 1.807) is 4.57 Å². The number of aromatic nitrogens is 1. The summed E-state index contributed by atoms with van der Waals surface area (Å²) in [5.74, 6) is 0.734. The van der Waals surface area contributed by atoms with Gasteiger partial charge >= 0.3 is 4.87 Å². The molecule has 122 valence electrons. The first-order chi connectivity index (χ1) is 11.1. The van der Waals surface area contributed by atoms with E-state index < -0.39 is 0 Å². The Morgan fingerprint density at radius 2 is 1.96 bits per heavy atom. The lowest BCUT2D eigenvalue weighted by Gasteiger charge is -2.30. The number of benzene rings is 1. The Bertz CT molecular complexity index is 754. The quantitative estimate of drug-likeness (QED) is 0.867. The van der Waals surface area contributed by atoms with Crippen LogP contribution in [0.2, 0.25) is 0 Å². The highest BCUT2D eigenvalue weighted by molar-refractivity contribution is 7.07. The Hall–Kier alpha value is -1.88. The molecule has 1 amide bonds. The lowest BCUT2D eigenvalue weighted by atomic mass is 9.99. The van der Waals surface area contributed by atoms with Crippen LogP contribution in [0.1, 0.15) is 25.3 Å². The van der Waals surface area contributed by atoms with Gasteiger partial charge in [0.2, 0.25) is 5.91 Å². The van der Waals surface area contributed by atoms with Crippen molar-refractivity contribution in [2.24, 2.45) is 5.92 Å². The largest absolute Gasteiger partial charge is 0.341 e. The minimum Gasteiger partial charge on any atom is -0.341 e. The molecule has 3 rings (SSSR count). The normalized spacial score (nSPS) is 15.8. The summed E-state index contributed by atoms with van der Waals surface area (Å²) >= 11 is 1.16. The van der Waals surface area contributed by atoms with Gasteiger partial charge in [-0.1, -0.05) is 42.5 Å². The van der Waals surface area contributed by atoms with Crippen LogP contribution in [0.25, 0.3) is 11.3 Å². The molecule has 0 saturated carbocycles. The zero-order valence-electron chi connectivity index (χ0n) is 13.6. The standard InChI is InChI=1S/C18H22N2O2S/c1-13-7-9-19(10-8-13)17(21)11-20-16(12-23-18(20)22)15-6-4-3-5-14(15)2/h3-6,12-13H,7-11H2,1-2H3. The second-order valence-corrected chi connectivity index (χ2v) is 7.17. The lowest BCUT2D eigenvalue weighted by molar-refractivity contribution is -0.133. The van der Waals surface area contributed by atoms with Gasteiger partial charge in [-0.2, -0.15) is 0 Å². The van der Waals surface area contributed by atoms with Crippen LogP contribution >= 0.6 is 11.3 Å². The number of thiazole rings is 1. The summed E-state index contributed by atoms with van der Waals surface area (Å²) in [6, 6.07) is 7.96. The number of likely N-dealkylation sites (tertiary alicyclic amines) is 1. The van der Waals surface area contributed by atoms with E-state index >= 15 is 0 Å². The molecule has 1 aliphatic heterocycles. The molecule has 0 radical (unpaired) electrons. The molecule has 0 unspecified atom stereocenters. The highest BCUT2D eigenvalue weighted by Crippen LogP contribution is 2.24. The Kier molecular flexibility index (Phi) is 4.66. The number of piperidine rings is 1. The highest BCUT2D eigenvalue weighted by atomic mass is 32.1. The highest BCUT2D eigenvalue weighted by Gasteiger charge is 2.22. The van der Waals surface area contributed by atoms with Crippen molar-refractivity contribution in [3.8, 4) is 11.3 Å². The van der Waals surface area contributed by atoms with Crippen LogP contribution in [0.4, 0.5) is 0 Å². The van der Waals surface area contributed by atoms with Crippen LogP contribution in [0.3, 0.4) is 0 Å². The first-order valence-electron chi connectivity index (χ1n) is 8.08. The maximum absolute atomic E-state index is 12.6. The molecule has 0 N–H and O–H groups in total. The molecule has 4 nitrogen and oxygen atoms in total. The third-order valence-corrected chi connectivity index (χ3v) is 5.40. The molecule has 5 heteroatoms. The predicted molar refractivity (Wildman–Crippen MR) is 93.7 cm³/mol. The van der Waals surface area contributed by atoms with E-state index in [0.29, 0.717) is 5.92 Å². The number of carbonyl (C=O) groups is 1. The van der Waals surface area contributed by atoms with Crippen molar-refractivity contribution >= 4 is 17.2 Å². The molecule has 1 saturated heterocycles. The predicted octanol–water partition coefficient (Wildman–Crippen LogP) is 3.14. The fourth-order valence-electron chi connectivity index (χ4n) is 3.04. The van der Waals surface area contributed by atoms with Crippen LogP contribution in [0.15, 0.2) is 34.4 Å². The van der Waals surface area contributed by atoms with Crippen molar-refractivity contribution in [1.82, 2.24) is 9.47 Å². The van der Waals surface area contributed by atoms with Crippen molar-refractivity contribution in [2.45, 2.75) is 33.2 Å². The Morgan fingerprint density at radius 1 is 1.26 bits per heavy atom. The van der Waals surface area contributed by atoms with Gasteiger partial charge in [-0.05, 0) is 31.2 Å². The summed E-state index contributed by atoms with van der Waals surface area (Å²) in [6.45, 7) is 5.99. The van der Waals surface area contributed by atoms with E-state index in [9.17, 15) is 9.59 Å². The van der Waals surface area contributed by atoms with E-state index in [2.05, 4.69) is 6.92 Å². The summed E-state index contributed by atoms with van der Waals surface area (Å²) in [4.78, 5) is 26.6. The van der Waals surface area contributed by atoms with E-state index in [1.165, 1.54) is 0 Å². The van der Waals surface area contributed by atoms with Crippen molar-refractivity contribution in [2.75, 3.05) is 13.1 Å². The third-order valence-electron chi connectivity index (χ3n) is 4.63. The summed E-state index contributed by atoms with van der Waals surface area (Å²) < 4.78 is 1.62. The second-order valence-electron chi connectivity index (χ2n) is 6.35. The summed E-state index contributed by atoms with van der Waals surface area (Å²) in [5.41, 5.74) is 2.97. The van der Waals surface area contributed by atoms with Crippen molar-refractivity contribution in [1.29, 1.82) is 0 Å². The van der Waals surface area contributed by atoms with Gasteiger partial charge in [-0.3, -0.25) is 14.2 Å². The van der Waals surface area contributed by atoms with Gasteiger partial charge in [0.1, 0.15) is 6.54 Å². The molecule has 1 aromatic carbocycles. The molecule has 2 heterocycles. The molecule has 1 fully saturated rings. The average Bonchev–Trinajstić information content (AvgIpc) is 2.89. The molecule has 0 aliphatic carbocycles. The van der Waals surface area contributed by atoms with Crippen molar-refractivity contribution in [3.63, 3.8) is 0 Å². The average molecular weight is 330 g/mol. The van der Waals surface area contributed by atoms with Crippen molar-refractivity contribution in [3.05, 3.63) is 44.9 Å². The fourth-order valence-corrected chi connectivity index (χ4v) is 3.80. The molecule has 0 spiro atoms. The third kappa shape index (κ3) is 3.39. The van der Waals surface area contributed by atoms with Gasteiger partial charge in [0.05, 0.1) is 5.69 Å². The first kappa shape index (κ1) is 16.0. The molecule has 0 bridgehead atoms. The van der Waals surface area contributed by atoms with Gasteiger partial charge in [0.25, 0.3) is 0 Å². The van der Waals surface area contributed by atoms with Crippen LogP contribution in [0, 0.1) is 12.8 Å². The summed E-state index contributed by atoms with van der Waals surface area (Å²) in [7, 11) is 0. The van der Waals surface area contributed by atoms with E-state index in [0.717, 1.165) is 54.1 Å². The molecular formula is C18H22N2O2S. The maximum atomic E-state index is 12.6. The van der Waals surface area contributed by atoms with Gasteiger partial charge in [-0.25, -0.2) is 0 Å². The SMILES string of the molecule is Cc1ccccc1-c1csc(=O)n1CC(=O)N1CCC(C)CC1. The van der Waals surface area contributed by atoms with Crippen molar-refractivity contribution < 1.29 is 4.79 Å². The Balaban J connectivity index is 1.84. The van der Waals surface area contributed by atoms with Crippen LogP contribution < -0.4 is 4.87 Å². The number of carbonyl (C=O) groups excluding carboxylic acids is 1. The summed E-state index contributed by atoms with van der Waals surface area (Å²) in [6.07, 6.45) is 2.10. The number of hydrogen-bond donors (Lipinski definition) is 0. The number of hydrogen-bond acceptors (Lipinski definition) is 3. The molecule has 1 aromatic heterocycles. The summed E-state index contributed by atoms with van der Waals surface area (Å²) in [5, 5.41) is 1.86. The molecule has 2 aromatic rings. The number of rotatable bonds is 3. The van der Waals surface area contributed by atoms with Gasteiger partial charge in [0.15, 0.2) is 0 Å². The minimum atomic E-state index is -0.0676. The topological polar surface area (TPSA) is 42.3 Å². The van der Waals surface area contributed by atoms with Gasteiger partial charge in [0, 0.05) is 24.0 Å². The van der Waals surface area contributed by atoms with Gasteiger partial charge < -0.3 is 4.90 Å². The van der Waals surface area contributed by atoms with Crippen LogP contribution in [-0.2, 0) is 11.3 Å². The number of nitrogens with zero attached hydrogens (tertiary/aromatic N) is 2. The zero-order valence-corrected chi connectivity index (χ0v) is 14.4. The number of amides is 1. The van der Waals surface area contributed by atoms with Crippen LogP contribution in [-0.4, -0.2) is 28.5 Å². The second kappa shape index (κ2) is 6.71. The van der Waals surface area contributed by atoms with E-state index in [1.807, 2.05) is 41.5 Å². The monoisotopic (exact) mass is 330 g/mol. The molecule has 23 heavy (non-hydrogen) atoms.